The van der Waals surface area contributed by atoms with Crippen LogP contribution in [0.25, 0.3) is 10.7 Å². The summed E-state index contributed by atoms with van der Waals surface area (Å²) in [5.74, 6) is 1.38. The fraction of sp³-hybridized carbons (Fsp3) is 0.538. The molecule has 0 aromatic carbocycles. The van der Waals surface area contributed by atoms with Crippen LogP contribution in [0.3, 0.4) is 0 Å². The summed E-state index contributed by atoms with van der Waals surface area (Å²) in [6.45, 7) is 0.684. The Bertz CT molecular complexity index is 480. The van der Waals surface area contributed by atoms with Crippen molar-refractivity contribution in [1.29, 1.82) is 0 Å². The minimum atomic E-state index is 0. The van der Waals surface area contributed by atoms with Crippen molar-refractivity contribution in [2.24, 2.45) is 0 Å². The normalized spacial score (nSPS) is 16.2. The highest BCUT2D eigenvalue weighted by Gasteiger charge is 2.14. The second-order valence-corrected chi connectivity index (χ2v) is 5.65. The van der Waals surface area contributed by atoms with E-state index in [2.05, 4.69) is 15.5 Å². The zero-order valence-electron chi connectivity index (χ0n) is 10.7. The number of nitrogens with one attached hydrogen (secondary N) is 1. The van der Waals surface area contributed by atoms with Gasteiger partial charge in [0.2, 0.25) is 11.7 Å². The number of nitrogens with zero attached hydrogens (tertiary/aromatic N) is 2. The van der Waals surface area contributed by atoms with Crippen LogP contribution in [0, 0.1) is 0 Å². The molecule has 1 fully saturated rings. The molecular weight excluding hydrogens is 282 g/mol. The fourth-order valence-electron chi connectivity index (χ4n) is 2.37. The highest BCUT2D eigenvalue weighted by molar-refractivity contribution is 7.13. The predicted molar refractivity (Wildman–Crippen MR) is 78.6 cm³/mol. The summed E-state index contributed by atoms with van der Waals surface area (Å²) in [7, 11) is 0. The van der Waals surface area contributed by atoms with Crippen LogP contribution < -0.4 is 5.32 Å². The zero-order chi connectivity index (χ0) is 12.2. The average molecular weight is 300 g/mol. The minimum absolute atomic E-state index is 0. The van der Waals surface area contributed by atoms with Gasteiger partial charge in [-0.2, -0.15) is 4.98 Å². The molecule has 0 atom stereocenters. The van der Waals surface area contributed by atoms with Gasteiger partial charge in [0, 0.05) is 6.04 Å². The van der Waals surface area contributed by atoms with Gasteiger partial charge in [0.25, 0.3) is 0 Å². The van der Waals surface area contributed by atoms with Gasteiger partial charge in [-0.25, -0.2) is 0 Å². The van der Waals surface area contributed by atoms with Crippen LogP contribution >= 0.6 is 23.7 Å². The first-order valence-electron chi connectivity index (χ1n) is 6.51. The molecule has 104 valence electrons. The van der Waals surface area contributed by atoms with Crippen LogP contribution in [-0.2, 0) is 6.54 Å². The van der Waals surface area contributed by atoms with Gasteiger partial charge in [0.1, 0.15) is 0 Å². The molecular formula is C13H18ClN3OS. The molecule has 1 N–H and O–H groups in total. The molecule has 1 aliphatic rings. The van der Waals surface area contributed by atoms with E-state index in [-0.39, 0.29) is 12.4 Å². The van der Waals surface area contributed by atoms with E-state index >= 15 is 0 Å². The van der Waals surface area contributed by atoms with Gasteiger partial charge in [-0.15, -0.1) is 23.7 Å². The molecule has 6 heteroatoms. The van der Waals surface area contributed by atoms with Crippen molar-refractivity contribution in [3.05, 3.63) is 23.4 Å². The van der Waals surface area contributed by atoms with E-state index in [0.29, 0.717) is 24.3 Å². The predicted octanol–water partition coefficient (Wildman–Crippen LogP) is 3.64. The van der Waals surface area contributed by atoms with Crippen LogP contribution in [-0.4, -0.2) is 16.2 Å². The number of aromatic nitrogens is 2. The SMILES string of the molecule is Cl.c1csc(-c2noc(CNC3CCCCC3)n2)c1. The molecule has 1 aliphatic carbocycles. The molecule has 1 saturated carbocycles. The van der Waals surface area contributed by atoms with Gasteiger partial charge in [0.05, 0.1) is 11.4 Å². The van der Waals surface area contributed by atoms with E-state index in [4.69, 9.17) is 4.52 Å². The highest BCUT2D eigenvalue weighted by Crippen LogP contribution is 2.21. The van der Waals surface area contributed by atoms with Crippen LogP contribution in [0.15, 0.2) is 22.0 Å². The zero-order valence-corrected chi connectivity index (χ0v) is 12.3. The van der Waals surface area contributed by atoms with E-state index in [9.17, 15) is 0 Å². The van der Waals surface area contributed by atoms with E-state index in [1.165, 1.54) is 32.1 Å². The maximum absolute atomic E-state index is 5.26. The molecule has 3 rings (SSSR count). The first kappa shape index (κ1) is 14.5. The van der Waals surface area contributed by atoms with Crippen molar-refractivity contribution in [2.75, 3.05) is 0 Å². The molecule has 2 heterocycles. The summed E-state index contributed by atoms with van der Waals surface area (Å²) < 4.78 is 5.26. The van der Waals surface area contributed by atoms with E-state index in [0.717, 1.165) is 4.88 Å². The maximum Gasteiger partial charge on any atom is 0.240 e. The van der Waals surface area contributed by atoms with Crippen molar-refractivity contribution < 1.29 is 4.52 Å². The van der Waals surface area contributed by atoms with Gasteiger partial charge in [-0.3, -0.25) is 0 Å². The molecule has 4 nitrogen and oxygen atoms in total. The third-order valence-corrected chi connectivity index (χ3v) is 4.22. The first-order chi connectivity index (χ1) is 8.92. The number of halogens is 1. The molecule has 0 saturated heterocycles. The lowest BCUT2D eigenvalue weighted by molar-refractivity contribution is 0.327. The summed E-state index contributed by atoms with van der Waals surface area (Å²) in [6, 6.07) is 4.63. The lowest BCUT2D eigenvalue weighted by Crippen LogP contribution is -2.30. The topological polar surface area (TPSA) is 51.0 Å². The van der Waals surface area contributed by atoms with Gasteiger partial charge >= 0.3 is 0 Å². The number of hydrogen-bond donors (Lipinski definition) is 1. The Hall–Kier alpha value is -0.910. The van der Waals surface area contributed by atoms with E-state index in [1.807, 2.05) is 17.5 Å². The molecule has 0 unspecified atom stereocenters. The van der Waals surface area contributed by atoms with Gasteiger partial charge < -0.3 is 9.84 Å². The summed E-state index contributed by atoms with van der Waals surface area (Å²) in [5.41, 5.74) is 0. The maximum atomic E-state index is 5.26. The molecule has 2 aromatic heterocycles. The largest absolute Gasteiger partial charge is 0.338 e. The lowest BCUT2D eigenvalue weighted by Gasteiger charge is -2.21. The van der Waals surface area contributed by atoms with Gasteiger partial charge in [-0.1, -0.05) is 30.5 Å². The monoisotopic (exact) mass is 299 g/mol. The van der Waals surface area contributed by atoms with Gasteiger partial charge in [0.15, 0.2) is 0 Å². The van der Waals surface area contributed by atoms with Crippen molar-refractivity contribution in [1.82, 2.24) is 15.5 Å². The van der Waals surface area contributed by atoms with Crippen LogP contribution in [0.4, 0.5) is 0 Å². The molecule has 0 amide bonds. The average Bonchev–Trinajstić information content (AvgIpc) is 3.08. The van der Waals surface area contributed by atoms with Crippen molar-refractivity contribution in [2.45, 2.75) is 44.7 Å². The third kappa shape index (κ3) is 3.78. The highest BCUT2D eigenvalue weighted by atomic mass is 35.5. The fourth-order valence-corrected chi connectivity index (χ4v) is 3.02. The summed E-state index contributed by atoms with van der Waals surface area (Å²) in [6.07, 6.45) is 6.59. The van der Waals surface area contributed by atoms with E-state index < -0.39 is 0 Å². The van der Waals surface area contributed by atoms with Crippen molar-refractivity contribution in [3.63, 3.8) is 0 Å². The quantitative estimate of drug-likeness (QED) is 0.936. The molecule has 0 spiro atoms. The second kappa shape index (κ2) is 7.03. The summed E-state index contributed by atoms with van der Waals surface area (Å²) in [5, 5.41) is 9.53. The molecule has 19 heavy (non-hydrogen) atoms. The molecule has 0 radical (unpaired) electrons. The Morgan fingerprint density at radius 1 is 1.32 bits per heavy atom. The minimum Gasteiger partial charge on any atom is -0.338 e. The Balaban J connectivity index is 0.00000133. The Morgan fingerprint density at radius 2 is 2.16 bits per heavy atom. The molecule has 0 aliphatic heterocycles. The second-order valence-electron chi connectivity index (χ2n) is 4.70. The van der Waals surface area contributed by atoms with Crippen LogP contribution in [0.1, 0.15) is 38.0 Å². The number of hydrogen-bond acceptors (Lipinski definition) is 5. The Labute approximate surface area is 123 Å². The summed E-state index contributed by atoms with van der Waals surface area (Å²) >= 11 is 1.63. The first-order valence-corrected chi connectivity index (χ1v) is 7.39. The van der Waals surface area contributed by atoms with Crippen molar-refractivity contribution >= 4 is 23.7 Å². The molecule has 2 aromatic rings. The lowest BCUT2D eigenvalue weighted by atomic mass is 9.95. The number of rotatable bonds is 4. The standard InChI is InChI=1S/C13H17N3OS.ClH/c1-2-5-10(6-3-1)14-9-12-15-13(16-17-12)11-7-4-8-18-11;/h4,7-8,10,14H,1-3,5-6,9H2;1H. The Morgan fingerprint density at radius 3 is 2.89 bits per heavy atom. The molecule has 0 bridgehead atoms. The Kier molecular flexibility index (Phi) is 5.36. The number of thiophene rings is 1. The third-order valence-electron chi connectivity index (χ3n) is 3.36. The van der Waals surface area contributed by atoms with Crippen LogP contribution in [0.5, 0.6) is 0 Å². The van der Waals surface area contributed by atoms with Crippen LogP contribution in [0.2, 0.25) is 0 Å². The van der Waals surface area contributed by atoms with Gasteiger partial charge in [-0.05, 0) is 24.3 Å². The summed E-state index contributed by atoms with van der Waals surface area (Å²) in [4.78, 5) is 5.47. The van der Waals surface area contributed by atoms with E-state index in [1.54, 1.807) is 11.3 Å². The van der Waals surface area contributed by atoms with Crippen molar-refractivity contribution in [3.8, 4) is 10.7 Å². The smallest absolute Gasteiger partial charge is 0.240 e.